The number of hydrogen-bond donors (Lipinski definition) is 0. The number of rotatable bonds is 4. The summed E-state index contributed by atoms with van der Waals surface area (Å²) in [6.45, 7) is 3.97. The number of halogens is 1. The van der Waals surface area contributed by atoms with Gasteiger partial charge in [-0.2, -0.15) is 0 Å². The quantitative estimate of drug-likeness (QED) is 0.611. The number of alkyl halides is 1. The minimum absolute atomic E-state index is 0.473. The molecule has 1 aromatic heterocycles. The van der Waals surface area contributed by atoms with Crippen molar-refractivity contribution in [2.24, 2.45) is 5.41 Å². The highest BCUT2D eigenvalue weighted by Gasteiger charge is 2.33. The molecule has 0 amide bonds. The lowest BCUT2D eigenvalue weighted by Gasteiger charge is -2.24. The molecular formula is C12H18BrNOS. The molecule has 2 rings (SSSR count). The molecule has 1 aromatic rings. The van der Waals surface area contributed by atoms with Crippen molar-refractivity contribution in [1.82, 2.24) is 4.98 Å². The topological polar surface area (TPSA) is 26.0 Å². The molecule has 1 aliphatic carbocycles. The number of nitrogens with zero attached hydrogens (tertiary/aromatic N) is 1. The standard InChI is InChI=1S/C12H18BrNOS/c1-9-10(2)15-11(14-9)16-8-12(7-13)5-3-4-6-12/h3-8H2,1-2H3. The van der Waals surface area contributed by atoms with Gasteiger partial charge in [-0.3, -0.25) is 0 Å². The van der Waals surface area contributed by atoms with Gasteiger partial charge in [-0.1, -0.05) is 40.5 Å². The molecule has 1 fully saturated rings. The van der Waals surface area contributed by atoms with Gasteiger partial charge < -0.3 is 4.42 Å². The molecule has 1 saturated carbocycles. The van der Waals surface area contributed by atoms with E-state index in [2.05, 4.69) is 20.9 Å². The van der Waals surface area contributed by atoms with Crippen LogP contribution in [0.15, 0.2) is 9.64 Å². The smallest absolute Gasteiger partial charge is 0.256 e. The lowest BCUT2D eigenvalue weighted by Crippen LogP contribution is -2.21. The second-order valence-corrected chi connectivity index (χ2v) is 6.24. The summed E-state index contributed by atoms with van der Waals surface area (Å²) in [5.74, 6) is 2.07. The highest BCUT2D eigenvalue weighted by atomic mass is 79.9. The molecule has 0 unspecified atom stereocenters. The van der Waals surface area contributed by atoms with Gasteiger partial charge in [-0.25, -0.2) is 4.98 Å². The van der Waals surface area contributed by atoms with E-state index in [0.717, 1.165) is 27.8 Å². The maximum atomic E-state index is 5.60. The molecule has 1 heterocycles. The summed E-state index contributed by atoms with van der Waals surface area (Å²) < 4.78 is 5.60. The normalized spacial score (nSPS) is 19.2. The van der Waals surface area contributed by atoms with Gasteiger partial charge in [0, 0.05) is 11.1 Å². The van der Waals surface area contributed by atoms with E-state index in [1.165, 1.54) is 25.7 Å². The summed E-state index contributed by atoms with van der Waals surface area (Å²) in [7, 11) is 0. The first-order valence-electron chi connectivity index (χ1n) is 5.78. The number of aromatic nitrogens is 1. The van der Waals surface area contributed by atoms with Gasteiger partial charge in [0.05, 0.1) is 5.69 Å². The first kappa shape index (κ1) is 12.5. The van der Waals surface area contributed by atoms with Crippen molar-refractivity contribution in [1.29, 1.82) is 0 Å². The van der Waals surface area contributed by atoms with Crippen molar-refractivity contribution in [2.75, 3.05) is 11.1 Å². The Labute approximate surface area is 110 Å². The molecule has 4 heteroatoms. The Hall–Kier alpha value is 0.0400. The van der Waals surface area contributed by atoms with E-state index in [4.69, 9.17) is 4.42 Å². The molecule has 0 atom stereocenters. The summed E-state index contributed by atoms with van der Waals surface area (Å²) in [6, 6.07) is 0. The van der Waals surface area contributed by atoms with Crippen LogP contribution in [0.5, 0.6) is 0 Å². The van der Waals surface area contributed by atoms with E-state index in [1.807, 2.05) is 13.8 Å². The fourth-order valence-corrected chi connectivity index (χ4v) is 4.39. The summed E-state index contributed by atoms with van der Waals surface area (Å²) in [5.41, 5.74) is 1.49. The van der Waals surface area contributed by atoms with Crippen LogP contribution in [0.25, 0.3) is 0 Å². The van der Waals surface area contributed by atoms with Crippen molar-refractivity contribution in [3.05, 3.63) is 11.5 Å². The van der Waals surface area contributed by atoms with Crippen molar-refractivity contribution in [3.63, 3.8) is 0 Å². The highest BCUT2D eigenvalue weighted by Crippen LogP contribution is 2.43. The molecule has 0 aliphatic heterocycles. The van der Waals surface area contributed by atoms with Crippen molar-refractivity contribution >= 4 is 27.7 Å². The fourth-order valence-electron chi connectivity index (χ4n) is 2.16. The predicted molar refractivity (Wildman–Crippen MR) is 71.4 cm³/mol. The highest BCUT2D eigenvalue weighted by molar-refractivity contribution is 9.09. The zero-order valence-corrected chi connectivity index (χ0v) is 12.3. The second kappa shape index (κ2) is 5.13. The minimum atomic E-state index is 0.473. The van der Waals surface area contributed by atoms with Gasteiger partial charge in [-0.05, 0) is 32.1 Å². The van der Waals surface area contributed by atoms with Crippen molar-refractivity contribution in [2.45, 2.75) is 44.8 Å². The van der Waals surface area contributed by atoms with Crippen LogP contribution >= 0.6 is 27.7 Å². The van der Waals surface area contributed by atoms with Crippen LogP contribution in [0, 0.1) is 19.3 Å². The third-order valence-electron chi connectivity index (χ3n) is 3.46. The molecule has 1 aliphatic rings. The summed E-state index contributed by atoms with van der Waals surface area (Å²) >= 11 is 5.43. The summed E-state index contributed by atoms with van der Waals surface area (Å²) in [5, 5.41) is 1.94. The van der Waals surface area contributed by atoms with Gasteiger partial charge in [0.15, 0.2) is 0 Å². The largest absolute Gasteiger partial charge is 0.437 e. The van der Waals surface area contributed by atoms with Gasteiger partial charge >= 0.3 is 0 Å². The Morgan fingerprint density at radius 3 is 2.56 bits per heavy atom. The van der Waals surface area contributed by atoms with Crippen molar-refractivity contribution < 1.29 is 4.42 Å². The average molecular weight is 304 g/mol. The number of oxazole rings is 1. The molecule has 0 radical (unpaired) electrons. The van der Waals surface area contributed by atoms with Gasteiger partial charge in [0.1, 0.15) is 5.76 Å². The molecule has 16 heavy (non-hydrogen) atoms. The summed E-state index contributed by atoms with van der Waals surface area (Å²) in [6.07, 6.45) is 5.42. The SMILES string of the molecule is Cc1nc(SCC2(CBr)CCCC2)oc1C. The maximum Gasteiger partial charge on any atom is 0.256 e. The van der Waals surface area contributed by atoms with Crippen molar-refractivity contribution in [3.8, 4) is 0 Å². The average Bonchev–Trinajstić information content (AvgIpc) is 2.85. The third kappa shape index (κ3) is 2.65. The van der Waals surface area contributed by atoms with Gasteiger partial charge in [0.25, 0.3) is 5.22 Å². The molecule has 0 saturated heterocycles. The Morgan fingerprint density at radius 1 is 1.38 bits per heavy atom. The van der Waals surface area contributed by atoms with Crippen LogP contribution in [0.2, 0.25) is 0 Å². The minimum Gasteiger partial charge on any atom is -0.437 e. The lowest BCUT2D eigenvalue weighted by molar-refractivity contribution is 0.397. The molecule has 0 aromatic carbocycles. The van der Waals surface area contributed by atoms with Gasteiger partial charge in [0.2, 0.25) is 0 Å². The molecular weight excluding hydrogens is 286 g/mol. The first-order chi connectivity index (χ1) is 7.65. The van der Waals surface area contributed by atoms with Crippen LogP contribution in [0.3, 0.4) is 0 Å². The van der Waals surface area contributed by atoms with E-state index >= 15 is 0 Å². The molecule has 0 N–H and O–H groups in total. The van der Waals surface area contributed by atoms with Crippen LogP contribution in [-0.4, -0.2) is 16.1 Å². The molecule has 0 spiro atoms. The summed E-state index contributed by atoms with van der Waals surface area (Å²) in [4.78, 5) is 4.42. The number of thioether (sulfide) groups is 1. The van der Waals surface area contributed by atoms with Crippen LogP contribution in [0.1, 0.15) is 37.1 Å². The number of aryl methyl sites for hydroxylation is 2. The Morgan fingerprint density at radius 2 is 2.06 bits per heavy atom. The van der Waals surface area contributed by atoms with E-state index in [0.29, 0.717) is 5.41 Å². The van der Waals surface area contributed by atoms with E-state index in [1.54, 1.807) is 11.8 Å². The van der Waals surface area contributed by atoms with Crippen LogP contribution < -0.4 is 0 Å². The molecule has 90 valence electrons. The van der Waals surface area contributed by atoms with Gasteiger partial charge in [-0.15, -0.1) is 0 Å². The number of hydrogen-bond acceptors (Lipinski definition) is 3. The van der Waals surface area contributed by atoms with E-state index in [9.17, 15) is 0 Å². The lowest BCUT2D eigenvalue weighted by atomic mass is 9.92. The zero-order chi connectivity index (χ0) is 11.6. The maximum absolute atomic E-state index is 5.60. The monoisotopic (exact) mass is 303 g/mol. The second-order valence-electron chi connectivity index (χ2n) is 4.75. The first-order valence-corrected chi connectivity index (χ1v) is 7.89. The van der Waals surface area contributed by atoms with Crippen LogP contribution in [-0.2, 0) is 0 Å². The third-order valence-corrected chi connectivity index (χ3v) is 5.83. The fraction of sp³-hybridized carbons (Fsp3) is 0.750. The van der Waals surface area contributed by atoms with Crippen LogP contribution in [0.4, 0.5) is 0 Å². The zero-order valence-electron chi connectivity index (χ0n) is 9.88. The Balaban J connectivity index is 1.95. The Bertz CT molecular complexity index is 338. The van der Waals surface area contributed by atoms with E-state index in [-0.39, 0.29) is 0 Å². The Kier molecular flexibility index (Phi) is 4.01. The van der Waals surface area contributed by atoms with E-state index < -0.39 is 0 Å². The molecule has 0 bridgehead atoms. The predicted octanol–water partition coefficient (Wildman–Crippen LogP) is 4.34. The molecule has 2 nitrogen and oxygen atoms in total.